The highest BCUT2D eigenvalue weighted by Crippen LogP contribution is 2.31. The number of anilines is 2. The number of halogens is 1. The number of likely N-dealkylation sites (N-methyl/N-ethyl adjacent to an activating group) is 1. The first-order chi connectivity index (χ1) is 12.5. The number of piperidine rings is 1. The molecule has 0 atom stereocenters. The number of nitrogens with one attached hydrogen (secondary N) is 1. The minimum Gasteiger partial charge on any atom is -0.459 e. The fourth-order valence-corrected chi connectivity index (χ4v) is 3.26. The van der Waals surface area contributed by atoms with E-state index >= 15 is 0 Å². The lowest BCUT2D eigenvalue weighted by Crippen LogP contribution is -2.35. The largest absolute Gasteiger partial charge is 0.459 e. The Morgan fingerprint density at radius 3 is 2.69 bits per heavy atom. The summed E-state index contributed by atoms with van der Waals surface area (Å²) in [6.45, 7) is 1.84. The van der Waals surface area contributed by atoms with E-state index in [1.54, 1.807) is 25.2 Å². The van der Waals surface area contributed by atoms with Crippen molar-refractivity contribution < 1.29 is 14.0 Å². The highest BCUT2D eigenvalue weighted by Gasteiger charge is 2.20. The maximum atomic E-state index is 12.4. The first-order valence-corrected chi connectivity index (χ1v) is 9.06. The van der Waals surface area contributed by atoms with Crippen molar-refractivity contribution in [1.29, 1.82) is 0 Å². The van der Waals surface area contributed by atoms with Crippen LogP contribution in [-0.2, 0) is 4.79 Å². The normalized spacial score (nSPS) is 14.2. The molecule has 0 radical (unpaired) electrons. The van der Waals surface area contributed by atoms with E-state index in [0.29, 0.717) is 10.7 Å². The van der Waals surface area contributed by atoms with Gasteiger partial charge in [-0.1, -0.05) is 11.6 Å². The van der Waals surface area contributed by atoms with Crippen molar-refractivity contribution in [2.75, 3.05) is 36.9 Å². The number of carbonyl (C=O) groups excluding carboxylic acids is 2. The van der Waals surface area contributed by atoms with E-state index in [1.807, 2.05) is 12.1 Å². The Kier molecular flexibility index (Phi) is 5.83. The minimum atomic E-state index is -0.340. The van der Waals surface area contributed by atoms with Crippen molar-refractivity contribution >= 4 is 34.8 Å². The topological polar surface area (TPSA) is 65.8 Å². The molecule has 3 rings (SSSR count). The predicted octanol–water partition coefficient (Wildman–Crippen LogP) is 3.63. The summed E-state index contributed by atoms with van der Waals surface area (Å²) in [5, 5.41) is 3.45. The van der Waals surface area contributed by atoms with Crippen LogP contribution in [0.15, 0.2) is 41.0 Å². The molecule has 0 bridgehead atoms. The van der Waals surface area contributed by atoms with Crippen molar-refractivity contribution in [3.05, 3.63) is 47.4 Å². The number of rotatable bonds is 5. The van der Waals surface area contributed by atoms with Gasteiger partial charge in [0.2, 0.25) is 5.91 Å². The number of carbonyl (C=O) groups is 2. The van der Waals surface area contributed by atoms with Gasteiger partial charge in [-0.3, -0.25) is 9.59 Å². The molecule has 1 fully saturated rings. The van der Waals surface area contributed by atoms with E-state index in [-0.39, 0.29) is 24.1 Å². The van der Waals surface area contributed by atoms with Crippen molar-refractivity contribution in [2.24, 2.45) is 0 Å². The van der Waals surface area contributed by atoms with Gasteiger partial charge in [0.05, 0.1) is 24.2 Å². The van der Waals surface area contributed by atoms with Gasteiger partial charge in [-0.25, -0.2) is 0 Å². The Balaban J connectivity index is 1.68. The summed E-state index contributed by atoms with van der Waals surface area (Å²) in [4.78, 5) is 28.2. The molecule has 0 spiro atoms. The van der Waals surface area contributed by atoms with Crippen LogP contribution in [0, 0.1) is 0 Å². The molecular formula is C19H22ClN3O3. The number of nitrogens with zero attached hydrogens (tertiary/aromatic N) is 2. The van der Waals surface area contributed by atoms with Crippen LogP contribution in [0.2, 0.25) is 5.02 Å². The summed E-state index contributed by atoms with van der Waals surface area (Å²) in [6, 6.07) is 8.71. The van der Waals surface area contributed by atoms with Gasteiger partial charge in [0.25, 0.3) is 5.91 Å². The van der Waals surface area contributed by atoms with Crippen LogP contribution in [0.1, 0.15) is 29.8 Å². The second-order valence-corrected chi connectivity index (χ2v) is 6.83. The zero-order valence-corrected chi connectivity index (χ0v) is 15.5. The zero-order valence-electron chi connectivity index (χ0n) is 14.7. The van der Waals surface area contributed by atoms with Gasteiger partial charge < -0.3 is 19.5 Å². The molecule has 6 nitrogen and oxygen atoms in total. The minimum absolute atomic E-state index is 0.0779. The molecule has 2 aromatic rings. The molecule has 1 N–H and O–H groups in total. The summed E-state index contributed by atoms with van der Waals surface area (Å²) in [7, 11) is 1.56. The molecule has 1 saturated heterocycles. The van der Waals surface area contributed by atoms with Gasteiger partial charge in [-0.05, 0) is 49.6 Å². The van der Waals surface area contributed by atoms with Crippen LogP contribution >= 0.6 is 11.6 Å². The molecule has 2 heterocycles. The SMILES string of the molecule is CN(CC(=O)Nc1cc(Cl)ccc1N1CCCCC1)C(=O)c1ccco1. The van der Waals surface area contributed by atoms with Crippen LogP contribution in [0.5, 0.6) is 0 Å². The summed E-state index contributed by atoms with van der Waals surface area (Å²) < 4.78 is 5.08. The smallest absolute Gasteiger partial charge is 0.289 e. The monoisotopic (exact) mass is 375 g/mol. The third-order valence-corrected chi connectivity index (χ3v) is 4.62. The Morgan fingerprint density at radius 2 is 2.00 bits per heavy atom. The fraction of sp³-hybridized carbons (Fsp3) is 0.368. The lowest BCUT2D eigenvalue weighted by Gasteiger charge is -2.30. The number of amides is 2. The molecule has 0 saturated carbocycles. The lowest BCUT2D eigenvalue weighted by molar-refractivity contribution is -0.116. The lowest BCUT2D eigenvalue weighted by atomic mass is 10.1. The first kappa shape index (κ1) is 18.3. The van der Waals surface area contributed by atoms with Crippen molar-refractivity contribution in [2.45, 2.75) is 19.3 Å². The van der Waals surface area contributed by atoms with Crippen molar-refractivity contribution in [1.82, 2.24) is 4.90 Å². The van der Waals surface area contributed by atoms with Crippen molar-refractivity contribution in [3.8, 4) is 0 Å². The van der Waals surface area contributed by atoms with E-state index in [2.05, 4.69) is 10.2 Å². The molecule has 138 valence electrons. The quantitative estimate of drug-likeness (QED) is 0.866. The van der Waals surface area contributed by atoms with Crippen molar-refractivity contribution in [3.63, 3.8) is 0 Å². The molecule has 1 aromatic carbocycles. The third kappa shape index (κ3) is 4.38. The second-order valence-electron chi connectivity index (χ2n) is 6.40. The van der Waals surface area contributed by atoms with Gasteiger partial charge >= 0.3 is 0 Å². The van der Waals surface area contributed by atoms with Gasteiger partial charge in [0.1, 0.15) is 0 Å². The maximum Gasteiger partial charge on any atom is 0.289 e. The average Bonchev–Trinajstić information content (AvgIpc) is 3.16. The van der Waals surface area contributed by atoms with Gasteiger partial charge in [-0.2, -0.15) is 0 Å². The molecule has 7 heteroatoms. The fourth-order valence-electron chi connectivity index (χ4n) is 3.08. The molecule has 1 aliphatic heterocycles. The highest BCUT2D eigenvalue weighted by atomic mass is 35.5. The molecule has 2 amide bonds. The first-order valence-electron chi connectivity index (χ1n) is 8.68. The standard InChI is InChI=1S/C19H22ClN3O3/c1-22(19(25)17-6-5-11-26-17)13-18(24)21-15-12-14(20)7-8-16(15)23-9-3-2-4-10-23/h5-8,11-12H,2-4,9-10,13H2,1H3,(H,21,24). The number of benzene rings is 1. The van der Waals surface area contributed by atoms with Gasteiger partial charge in [-0.15, -0.1) is 0 Å². The summed E-state index contributed by atoms with van der Waals surface area (Å²) >= 11 is 6.12. The predicted molar refractivity (Wildman–Crippen MR) is 102 cm³/mol. The number of furan rings is 1. The summed E-state index contributed by atoms with van der Waals surface area (Å²) in [5.74, 6) is -0.419. The van der Waals surface area contributed by atoms with Gasteiger partial charge in [0, 0.05) is 25.2 Å². The van der Waals surface area contributed by atoms with E-state index in [1.165, 1.54) is 17.6 Å². The summed E-state index contributed by atoms with van der Waals surface area (Å²) in [6.07, 6.45) is 4.93. The van der Waals surface area contributed by atoms with Crippen LogP contribution in [0.4, 0.5) is 11.4 Å². The van der Waals surface area contributed by atoms with E-state index in [4.69, 9.17) is 16.0 Å². The van der Waals surface area contributed by atoms with E-state index in [0.717, 1.165) is 31.6 Å². The molecule has 1 aromatic heterocycles. The molecule has 0 unspecified atom stereocenters. The van der Waals surface area contributed by atoms with Crippen LogP contribution in [0.3, 0.4) is 0 Å². The Labute approximate surface area is 157 Å². The average molecular weight is 376 g/mol. The maximum absolute atomic E-state index is 12.4. The third-order valence-electron chi connectivity index (χ3n) is 4.39. The van der Waals surface area contributed by atoms with Crippen LogP contribution in [0.25, 0.3) is 0 Å². The Morgan fingerprint density at radius 1 is 1.23 bits per heavy atom. The van der Waals surface area contributed by atoms with E-state index in [9.17, 15) is 9.59 Å². The van der Waals surface area contributed by atoms with Crippen LogP contribution < -0.4 is 10.2 Å². The second kappa shape index (κ2) is 8.27. The number of hydrogen-bond donors (Lipinski definition) is 1. The molecule has 1 aliphatic rings. The van der Waals surface area contributed by atoms with Crippen LogP contribution in [-0.4, -0.2) is 43.4 Å². The van der Waals surface area contributed by atoms with Gasteiger partial charge in [0.15, 0.2) is 5.76 Å². The Hall–Kier alpha value is -2.47. The van der Waals surface area contributed by atoms with E-state index < -0.39 is 0 Å². The molecule has 0 aliphatic carbocycles. The molecule has 26 heavy (non-hydrogen) atoms. The summed E-state index contributed by atoms with van der Waals surface area (Å²) in [5.41, 5.74) is 1.63. The zero-order chi connectivity index (χ0) is 18.5. The Bertz CT molecular complexity index is 770. The highest BCUT2D eigenvalue weighted by molar-refractivity contribution is 6.31. The molecular weight excluding hydrogens is 354 g/mol. The number of hydrogen-bond acceptors (Lipinski definition) is 4.